The first-order chi connectivity index (χ1) is 11.0. The zero-order valence-corrected chi connectivity index (χ0v) is 12.9. The van der Waals surface area contributed by atoms with Crippen LogP contribution in [0.15, 0.2) is 54.6 Å². The first kappa shape index (κ1) is 17.2. The summed E-state index contributed by atoms with van der Waals surface area (Å²) < 4.78 is 12.9. The number of halogens is 1. The van der Waals surface area contributed by atoms with Gasteiger partial charge in [0.15, 0.2) is 0 Å². The molecule has 0 radical (unpaired) electrons. The number of aliphatic hydroxyl groups excluding tert-OH is 1. The van der Waals surface area contributed by atoms with Crippen LogP contribution < -0.4 is 0 Å². The molecule has 0 spiro atoms. The zero-order chi connectivity index (χ0) is 16.7. The minimum absolute atomic E-state index is 0.194. The molecular weight excluding hydrogens is 295 g/mol. The van der Waals surface area contributed by atoms with Crippen molar-refractivity contribution in [2.45, 2.75) is 31.8 Å². The lowest BCUT2D eigenvalue weighted by Crippen LogP contribution is -2.23. The van der Waals surface area contributed by atoms with Crippen LogP contribution in [0.1, 0.15) is 24.0 Å². The van der Waals surface area contributed by atoms with E-state index in [1.807, 2.05) is 30.3 Å². The molecule has 0 fully saturated rings. The van der Waals surface area contributed by atoms with Crippen LogP contribution in [0, 0.1) is 11.7 Å². The van der Waals surface area contributed by atoms with Gasteiger partial charge in [-0.05, 0) is 48.9 Å². The van der Waals surface area contributed by atoms with Gasteiger partial charge in [-0.15, -0.1) is 0 Å². The molecule has 2 aromatic carbocycles. The first-order valence-electron chi connectivity index (χ1n) is 7.74. The predicted molar refractivity (Wildman–Crippen MR) is 86.6 cm³/mol. The molecule has 0 bridgehead atoms. The van der Waals surface area contributed by atoms with E-state index in [0.717, 1.165) is 11.1 Å². The number of hydrogen-bond acceptors (Lipinski definition) is 2. The highest BCUT2D eigenvalue weighted by atomic mass is 19.1. The summed E-state index contributed by atoms with van der Waals surface area (Å²) in [6.45, 7) is 0. The molecule has 0 saturated heterocycles. The molecule has 4 heteroatoms. The maximum absolute atomic E-state index is 12.9. The third-order valence-electron chi connectivity index (χ3n) is 3.91. The Labute approximate surface area is 135 Å². The molecule has 23 heavy (non-hydrogen) atoms. The Kier molecular flexibility index (Phi) is 6.29. The minimum atomic E-state index is -0.937. The lowest BCUT2D eigenvalue weighted by Gasteiger charge is -2.17. The normalized spacial score (nSPS) is 13.5. The van der Waals surface area contributed by atoms with E-state index in [0.29, 0.717) is 12.8 Å². The Morgan fingerprint density at radius 3 is 2.26 bits per heavy atom. The van der Waals surface area contributed by atoms with Crippen molar-refractivity contribution in [1.82, 2.24) is 0 Å². The quantitative estimate of drug-likeness (QED) is 0.784. The average Bonchev–Trinajstić information content (AvgIpc) is 2.55. The molecule has 3 nitrogen and oxygen atoms in total. The van der Waals surface area contributed by atoms with Gasteiger partial charge in [-0.25, -0.2) is 4.39 Å². The highest BCUT2D eigenvalue weighted by molar-refractivity contribution is 5.70. The minimum Gasteiger partial charge on any atom is -0.481 e. The van der Waals surface area contributed by atoms with Crippen LogP contribution in [0.25, 0.3) is 0 Å². The lowest BCUT2D eigenvalue weighted by atomic mass is 9.91. The number of aliphatic carboxylic acids is 1. The van der Waals surface area contributed by atoms with E-state index in [9.17, 15) is 19.4 Å². The summed E-state index contributed by atoms with van der Waals surface area (Å²) in [6, 6.07) is 15.6. The van der Waals surface area contributed by atoms with Crippen LogP contribution >= 0.6 is 0 Å². The number of benzene rings is 2. The van der Waals surface area contributed by atoms with Crippen LogP contribution in [-0.4, -0.2) is 22.3 Å². The van der Waals surface area contributed by atoms with Crippen molar-refractivity contribution in [3.8, 4) is 0 Å². The number of aliphatic hydroxyl groups is 1. The fraction of sp³-hybridized carbons (Fsp3) is 0.316. The zero-order valence-electron chi connectivity index (χ0n) is 12.9. The van der Waals surface area contributed by atoms with Crippen molar-refractivity contribution in [1.29, 1.82) is 0 Å². The van der Waals surface area contributed by atoms with Gasteiger partial charge in [0, 0.05) is 0 Å². The molecule has 0 amide bonds. The highest BCUT2D eigenvalue weighted by Gasteiger charge is 2.22. The molecule has 2 aromatic rings. The number of carbonyl (C=O) groups is 1. The second-order valence-electron chi connectivity index (χ2n) is 5.78. The van der Waals surface area contributed by atoms with Crippen molar-refractivity contribution in [2.24, 2.45) is 5.92 Å². The molecule has 2 rings (SSSR count). The van der Waals surface area contributed by atoms with Gasteiger partial charge in [-0.2, -0.15) is 0 Å². The van der Waals surface area contributed by atoms with Crippen molar-refractivity contribution in [2.75, 3.05) is 0 Å². The van der Waals surface area contributed by atoms with Gasteiger partial charge in [0.2, 0.25) is 0 Å². The summed E-state index contributed by atoms with van der Waals surface area (Å²) in [5, 5.41) is 19.5. The summed E-state index contributed by atoms with van der Waals surface area (Å²) in [5.41, 5.74) is 1.88. The van der Waals surface area contributed by atoms with Gasteiger partial charge >= 0.3 is 5.97 Å². The summed E-state index contributed by atoms with van der Waals surface area (Å²) in [7, 11) is 0. The van der Waals surface area contributed by atoms with Crippen molar-refractivity contribution in [3.05, 3.63) is 71.5 Å². The Morgan fingerprint density at radius 2 is 1.65 bits per heavy atom. The van der Waals surface area contributed by atoms with Crippen molar-refractivity contribution >= 4 is 5.97 Å². The molecule has 0 aliphatic heterocycles. The maximum Gasteiger partial charge on any atom is 0.306 e. The summed E-state index contributed by atoms with van der Waals surface area (Å²) in [6.07, 6.45) is 1.05. The second-order valence-corrected chi connectivity index (χ2v) is 5.78. The van der Waals surface area contributed by atoms with Crippen molar-refractivity contribution < 1.29 is 19.4 Å². The summed E-state index contributed by atoms with van der Waals surface area (Å²) in [4.78, 5) is 11.4. The summed E-state index contributed by atoms with van der Waals surface area (Å²) in [5.74, 6) is -1.96. The van der Waals surface area contributed by atoms with Crippen LogP contribution in [0.2, 0.25) is 0 Å². The van der Waals surface area contributed by atoms with Gasteiger partial charge in [0.25, 0.3) is 0 Å². The van der Waals surface area contributed by atoms with Gasteiger partial charge < -0.3 is 10.2 Å². The second kappa shape index (κ2) is 8.44. The van der Waals surface area contributed by atoms with E-state index in [4.69, 9.17) is 0 Å². The number of rotatable bonds is 8. The third-order valence-corrected chi connectivity index (χ3v) is 3.91. The fourth-order valence-corrected chi connectivity index (χ4v) is 2.60. The first-order valence-corrected chi connectivity index (χ1v) is 7.74. The van der Waals surface area contributed by atoms with Crippen LogP contribution in [0.3, 0.4) is 0 Å². The standard InChI is InChI=1S/C19H21FO3/c20-17-9-6-15(7-10-17)12-16(19(22)23)13-18(21)11-8-14-4-2-1-3-5-14/h1-7,9-10,16,18,21H,8,11-13H2,(H,22,23)/t16-,18+/m1/s1. The topological polar surface area (TPSA) is 57.5 Å². The molecule has 0 aliphatic carbocycles. The largest absolute Gasteiger partial charge is 0.481 e. The Balaban J connectivity index is 1.88. The summed E-state index contributed by atoms with van der Waals surface area (Å²) >= 11 is 0. The SMILES string of the molecule is O=C(O)[C@H](Cc1ccc(F)cc1)C[C@@H](O)CCc1ccccc1. The van der Waals surface area contributed by atoms with Crippen LogP contribution in [0.4, 0.5) is 4.39 Å². The van der Waals surface area contributed by atoms with E-state index in [1.165, 1.54) is 12.1 Å². The van der Waals surface area contributed by atoms with E-state index in [2.05, 4.69) is 0 Å². The molecule has 0 saturated carbocycles. The Hall–Kier alpha value is -2.20. The molecule has 0 unspecified atom stereocenters. The van der Waals surface area contributed by atoms with Crippen LogP contribution in [-0.2, 0) is 17.6 Å². The molecule has 2 N–H and O–H groups in total. The average molecular weight is 316 g/mol. The third kappa shape index (κ3) is 5.83. The Morgan fingerprint density at radius 1 is 1.00 bits per heavy atom. The van der Waals surface area contributed by atoms with Gasteiger partial charge in [0.1, 0.15) is 5.82 Å². The Bertz CT molecular complexity index is 610. The van der Waals surface area contributed by atoms with E-state index in [-0.39, 0.29) is 18.7 Å². The monoisotopic (exact) mass is 316 g/mol. The van der Waals surface area contributed by atoms with E-state index < -0.39 is 18.0 Å². The van der Waals surface area contributed by atoms with Gasteiger partial charge in [-0.1, -0.05) is 42.5 Å². The highest BCUT2D eigenvalue weighted by Crippen LogP contribution is 2.18. The molecule has 0 aliphatic rings. The number of hydrogen-bond donors (Lipinski definition) is 2. The smallest absolute Gasteiger partial charge is 0.306 e. The van der Waals surface area contributed by atoms with Gasteiger partial charge in [0.05, 0.1) is 12.0 Å². The van der Waals surface area contributed by atoms with E-state index >= 15 is 0 Å². The number of carboxylic acid groups (broad SMARTS) is 1. The molecule has 0 heterocycles. The molecule has 2 atom stereocenters. The van der Waals surface area contributed by atoms with Crippen LogP contribution in [0.5, 0.6) is 0 Å². The predicted octanol–water partition coefficient (Wildman–Crippen LogP) is 3.45. The lowest BCUT2D eigenvalue weighted by molar-refractivity contribution is -0.142. The number of carboxylic acids is 1. The van der Waals surface area contributed by atoms with Crippen molar-refractivity contribution in [3.63, 3.8) is 0 Å². The van der Waals surface area contributed by atoms with Gasteiger partial charge in [-0.3, -0.25) is 4.79 Å². The fourth-order valence-electron chi connectivity index (χ4n) is 2.60. The maximum atomic E-state index is 12.9. The molecule has 0 aromatic heterocycles. The molecule has 122 valence electrons. The number of aryl methyl sites for hydroxylation is 1. The van der Waals surface area contributed by atoms with E-state index in [1.54, 1.807) is 12.1 Å². The molecular formula is C19H21FO3.